The highest BCUT2D eigenvalue weighted by atomic mass is 35.5. The van der Waals surface area contributed by atoms with Crippen molar-refractivity contribution in [2.75, 3.05) is 6.61 Å². The Balaban J connectivity index is 2.39. The maximum atomic E-state index is 8.88. The fourth-order valence-corrected chi connectivity index (χ4v) is 1.98. The van der Waals surface area contributed by atoms with E-state index in [1.807, 2.05) is 13.0 Å². The second-order valence-corrected chi connectivity index (χ2v) is 4.73. The molecule has 1 N–H and O–H groups in total. The average Bonchev–Trinajstić information content (AvgIpc) is 2.71. The molecule has 0 bridgehead atoms. The van der Waals surface area contributed by atoms with Gasteiger partial charge in [0.1, 0.15) is 5.82 Å². The third-order valence-electron chi connectivity index (χ3n) is 2.48. The molecule has 0 amide bonds. The Morgan fingerprint density at radius 3 is 2.72 bits per heavy atom. The predicted molar refractivity (Wildman–Crippen MR) is 71.9 cm³/mol. The number of benzene rings is 1. The molecule has 1 aromatic heterocycles. The van der Waals surface area contributed by atoms with E-state index in [4.69, 9.17) is 28.3 Å². The molecule has 0 unspecified atom stereocenters. The largest absolute Gasteiger partial charge is 0.396 e. The second kappa shape index (κ2) is 5.69. The minimum absolute atomic E-state index is 0.125. The van der Waals surface area contributed by atoms with Crippen LogP contribution in [0.25, 0.3) is 11.4 Å². The van der Waals surface area contributed by atoms with E-state index in [0.29, 0.717) is 28.8 Å². The Morgan fingerprint density at radius 2 is 2.06 bits per heavy atom. The standard InChI is InChI=1S/C12H13Cl2N3O/c1-8-15-12(17(16-8)5-2-6-18)9-3-4-10(13)11(14)7-9/h3-4,7,18H,2,5-6H2,1H3. The lowest BCUT2D eigenvalue weighted by Crippen LogP contribution is -2.04. The van der Waals surface area contributed by atoms with Crippen molar-refractivity contribution in [2.24, 2.45) is 0 Å². The van der Waals surface area contributed by atoms with Crippen molar-refractivity contribution in [3.05, 3.63) is 34.1 Å². The van der Waals surface area contributed by atoms with E-state index in [-0.39, 0.29) is 6.61 Å². The molecule has 0 spiro atoms. The number of hydrogen-bond acceptors (Lipinski definition) is 3. The number of hydrogen-bond donors (Lipinski definition) is 1. The summed E-state index contributed by atoms with van der Waals surface area (Å²) < 4.78 is 1.77. The number of nitrogens with zero attached hydrogens (tertiary/aromatic N) is 3. The normalized spacial score (nSPS) is 10.9. The van der Waals surface area contributed by atoms with Crippen LogP contribution in [0.5, 0.6) is 0 Å². The molecular formula is C12H13Cl2N3O. The van der Waals surface area contributed by atoms with Crippen LogP contribution in [-0.4, -0.2) is 26.5 Å². The van der Waals surface area contributed by atoms with Gasteiger partial charge in [-0.15, -0.1) is 0 Å². The van der Waals surface area contributed by atoms with E-state index < -0.39 is 0 Å². The highest BCUT2D eigenvalue weighted by Crippen LogP contribution is 2.27. The fraction of sp³-hybridized carbons (Fsp3) is 0.333. The van der Waals surface area contributed by atoms with Gasteiger partial charge in [-0.25, -0.2) is 9.67 Å². The zero-order valence-electron chi connectivity index (χ0n) is 9.90. The van der Waals surface area contributed by atoms with Crippen molar-refractivity contribution in [1.82, 2.24) is 14.8 Å². The number of aliphatic hydroxyl groups excluding tert-OH is 1. The van der Waals surface area contributed by atoms with E-state index in [2.05, 4.69) is 10.1 Å². The van der Waals surface area contributed by atoms with Gasteiger partial charge < -0.3 is 5.11 Å². The van der Waals surface area contributed by atoms with Crippen LogP contribution >= 0.6 is 23.2 Å². The first-order valence-electron chi connectivity index (χ1n) is 5.59. The summed E-state index contributed by atoms with van der Waals surface area (Å²) in [5.41, 5.74) is 0.864. The Labute approximate surface area is 115 Å². The first kappa shape index (κ1) is 13.3. The number of aliphatic hydroxyl groups is 1. The topological polar surface area (TPSA) is 50.9 Å². The predicted octanol–water partition coefficient (Wildman–Crippen LogP) is 2.94. The van der Waals surface area contributed by atoms with Crippen LogP contribution in [-0.2, 0) is 6.54 Å². The lowest BCUT2D eigenvalue weighted by atomic mass is 10.2. The van der Waals surface area contributed by atoms with Gasteiger partial charge in [0.15, 0.2) is 5.82 Å². The van der Waals surface area contributed by atoms with Gasteiger partial charge in [0.2, 0.25) is 0 Å². The summed E-state index contributed by atoms with van der Waals surface area (Å²) in [5.74, 6) is 1.42. The molecule has 2 aromatic rings. The molecule has 1 aromatic carbocycles. The highest BCUT2D eigenvalue weighted by molar-refractivity contribution is 6.42. The number of aryl methyl sites for hydroxylation is 2. The van der Waals surface area contributed by atoms with Gasteiger partial charge in [-0.2, -0.15) is 5.10 Å². The summed E-state index contributed by atoms with van der Waals surface area (Å²) in [7, 11) is 0. The Bertz CT molecular complexity index is 554. The van der Waals surface area contributed by atoms with Crippen molar-refractivity contribution >= 4 is 23.2 Å². The lowest BCUT2D eigenvalue weighted by Gasteiger charge is -2.05. The Hall–Kier alpha value is -1.10. The smallest absolute Gasteiger partial charge is 0.158 e. The zero-order chi connectivity index (χ0) is 13.1. The molecule has 0 aliphatic rings. The number of rotatable bonds is 4. The maximum Gasteiger partial charge on any atom is 0.158 e. The Morgan fingerprint density at radius 1 is 1.28 bits per heavy atom. The van der Waals surface area contributed by atoms with Crippen molar-refractivity contribution in [3.8, 4) is 11.4 Å². The molecule has 0 fully saturated rings. The van der Waals surface area contributed by atoms with Gasteiger partial charge in [0, 0.05) is 18.7 Å². The molecule has 96 valence electrons. The quantitative estimate of drug-likeness (QED) is 0.940. The van der Waals surface area contributed by atoms with Gasteiger partial charge in [-0.1, -0.05) is 23.2 Å². The summed E-state index contributed by atoms with van der Waals surface area (Å²) in [6.45, 7) is 2.57. The van der Waals surface area contributed by atoms with Crippen LogP contribution < -0.4 is 0 Å². The van der Waals surface area contributed by atoms with Crippen molar-refractivity contribution < 1.29 is 5.11 Å². The summed E-state index contributed by atoms with van der Waals surface area (Å²) >= 11 is 11.9. The second-order valence-electron chi connectivity index (χ2n) is 3.91. The van der Waals surface area contributed by atoms with Crippen LogP contribution in [0.15, 0.2) is 18.2 Å². The fourth-order valence-electron chi connectivity index (χ4n) is 1.68. The van der Waals surface area contributed by atoms with Crippen molar-refractivity contribution in [1.29, 1.82) is 0 Å². The van der Waals surface area contributed by atoms with E-state index >= 15 is 0 Å². The molecule has 0 atom stereocenters. The molecule has 0 aliphatic carbocycles. The van der Waals surface area contributed by atoms with Crippen LogP contribution in [0.3, 0.4) is 0 Å². The third-order valence-corrected chi connectivity index (χ3v) is 3.22. The van der Waals surface area contributed by atoms with Gasteiger partial charge in [0.25, 0.3) is 0 Å². The van der Waals surface area contributed by atoms with Gasteiger partial charge in [-0.3, -0.25) is 0 Å². The van der Waals surface area contributed by atoms with Gasteiger partial charge >= 0.3 is 0 Å². The summed E-state index contributed by atoms with van der Waals surface area (Å²) in [6, 6.07) is 5.36. The molecule has 2 rings (SSSR count). The molecule has 0 radical (unpaired) electrons. The summed E-state index contributed by atoms with van der Waals surface area (Å²) in [6.07, 6.45) is 0.636. The minimum Gasteiger partial charge on any atom is -0.396 e. The van der Waals surface area contributed by atoms with Crippen LogP contribution in [0.2, 0.25) is 10.0 Å². The van der Waals surface area contributed by atoms with Crippen LogP contribution in [0.4, 0.5) is 0 Å². The van der Waals surface area contributed by atoms with Crippen molar-refractivity contribution in [2.45, 2.75) is 19.9 Å². The molecule has 0 aliphatic heterocycles. The van der Waals surface area contributed by atoms with Gasteiger partial charge in [0.05, 0.1) is 10.0 Å². The van der Waals surface area contributed by atoms with Crippen molar-refractivity contribution in [3.63, 3.8) is 0 Å². The van der Waals surface area contributed by atoms with Gasteiger partial charge in [-0.05, 0) is 31.5 Å². The molecule has 6 heteroatoms. The molecule has 0 saturated carbocycles. The molecule has 1 heterocycles. The summed E-state index contributed by atoms with van der Waals surface area (Å²) in [4.78, 5) is 4.37. The maximum absolute atomic E-state index is 8.88. The number of halogens is 2. The Kier molecular flexibility index (Phi) is 4.22. The summed E-state index contributed by atoms with van der Waals surface area (Å²) in [5, 5.41) is 14.2. The molecule has 18 heavy (non-hydrogen) atoms. The molecule has 4 nitrogen and oxygen atoms in total. The van der Waals surface area contributed by atoms with Crippen LogP contribution in [0.1, 0.15) is 12.2 Å². The average molecular weight is 286 g/mol. The molecular weight excluding hydrogens is 273 g/mol. The zero-order valence-corrected chi connectivity index (χ0v) is 11.4. The SMILES string of the molecule is Cc1nc(-c2ccc(Cl)c(Cl)c2)n(CCCO)n1. The monoisotopic (exact) mass is 285 g/mol. The number of aromatic nitrogens is 3. The minimum atomic E-state index is 0.125. The lowest BCUT2D eigenvalue weighted by molar-refractivity contribution is 0.277. The highest BCUT2D eigenvalue weighted by Gasteiger charge is 2.11. The first-order chi connectivity index (χ1) is 8.61. The molecule has 0 saturated heterocycles. The van der Waals surface area contributed by atoms with E-state index in [9.17, 15) is 0 Å². The first-order valence-corrected chi connectivity index (χ1v) is 6.35. The van der Waals surface area contributed by atoms with Crippen LogP contribution in [0, 0.1) is 6.92 Å². The van der Waals surface area contributed by atoms with E-state index in [1.54, 1.807) is 16.8 Å². The third kappa shape index (κ3) is 2.83. The van der Waals surface area contributed by atoms with E-state index in [1.165, 1.54) is 0 Å². The van der Waals surface area contributed by atoms with E-state index in [0.717, 1.165) is 11.4 Å².